The minimum atomic E-state index is 0.0680. The third kappa shape index (κ3) is 3.36. The summed E-state index contributed by atoms with van der Waals surface area (Å²) in [5, 5.41) is 7.38. The van der Waals surface area contributed by atoms with Gasteiger partial charge < -0.3 is 11.1 Å². The van der Waals surface area contributed by atoms with Crippen molar-refractivity contribution in [2.24, 2.45) is 34.5 Å². The molecule has 0 aliphatic heterocycles. The van der Waals surface area contributed by atoms with Crippen LogP contribution in [0.4, 0.5) is 0 Å². The lowest BCUT2D eigenvalue weighted by molar-refractivity contribution is -0.123. The van der Waals surface area contributed by atoms with Crippen LogP contribution in [0.25, 0.3) is 0 Å². The molecule has 116 valence electrons. The van der Waals surface area contributed by atoms with Crippen molar-refractivity contribution in [1.29, 1.82) is 0 Å². The number of hydrogen-bond acceptors (Lipinski definition) is 3. The Balaban J connectivity index is 1.53. The highest BCUT2D eigenvalue weighted by molar-refractivity contribution is 7.80. The van der Waals surface area contributed by atoms with Gasteiger partial charge in [0.2, 0.25) is 5.91 Å². The molecule has 0 unspecified atom stereocenters. The van der Waals surface area contributed by atoms with Crippen LogP contribution < -0.4 is 16.5 Å². The van der Waals surface area contributed by atoms with Gasteiger partial charge in [-0.15, -0.1) is 0 Å². The second kappa shape index (κ2) is 5.91. The lowest BCUT2D eigenvalue weighted by Gasteiger charge is -2.54. The highest BCUT2D eigenvalue weighted by Crippen LogP contribution is 2.53. The van der Waals surface area contributed by atoms with Crippen molar-refractivity contribution in [2.45, 2.75) is 51.5 Å². The molecule has 4 fully saturated rings. The topological polar surface area (TPSA) is 79.5 Å². The molecule has 0 heterocycles. The normalized spacial score (nSPS) is 37.4. The molecule has 0 aromatic heterocycles. The van der Waals surface area contributed by atoms with Crippen molar-refractivity contribution in [3.63, 3.8) is 0 Å². The fourth-order valence-electron chi connectivity index (χ4n) is 4.82. The third-order valence-corrected chi connectivity index (χ3v) is 5.42. The van der Waals surface area contributed by atoms with E-state index in [4.69, 9.17) is 5.73 Å². The molecule has 4 aliphatic rings. The van der Waals surface area contributed by atoms with Gasteiger partial charge in [-0.25, -0.2) is 0 Å². The molecule has 4 aliphatic carbocycles. The van der Waals surface area contributed by atoms with Crippen molar-refractivity contribution in [2.75, 3.05) is 0 Å². The summed E-state index contributed by atoms with van der Waals surface area (Å²) in [7, 11) is 0. The molecule has 4 rings (SSSR count). The van der Waals surface area contributed by atoms with Gasteiger partial charge in [-0.2, -0.15) is 5.10 Å². The predicted molar refractivity (Wildman–Crippen MR) is 86.6 cm³/mol. The molecule has 4 saturated carbocycles. The Bertz CT molecular complexity index is 448. The van der Waals surface area contributed by atoms with Gasteiger partial charge >= 0.3 is 0 Å². The summed E-state index contributed by atoms with van der Waals surface area (Å²) in [6.45, 7) is 1.81. The van der Waals surface area contributed by atoms with E-state index in [-0.39, 0.29) is 11.0 Å². The number of nitrogens with two attached hydrogens (primary N) is 1. The molecule has 0 radical (unpaired) electrons. The minimum Gasteiger partial charge on any atom is -0.375 e. The van der Waals surface area contributed by atoms with Gasteiger partial charge in [-0.3, -0.25) is 10.2 Å². The maximum absolute atomic E-state index is 12.2. The monoisotopic (exact) mass is 308 g/mol. The van der Waals surface area contributed by atoms with Crippen LogP contribution in [0.15, 0.2) is 5.10 Å². The zero-order chi connectivity index (χ0) is 15.0. The summed E-state index contributed by atoms with van der Waals surface area (Å²) in [6, 6.07) is 0.390. The standard InChI is InChI=1S/C15H24N4OS/c1-8(18-19-15(16)21)2-13(20)17-14-11-4-9-3-10(6-11)7-12(14)5-9/h9-12,14H,2-7H2,1H3,(H,17,20)(H3,16,19,21). The van der Waals surface area contributed by atoms with Crippen LogP contribution >= 0.6 is 12.2 Å². The van der Waals surface area contributed by atoms with E-state index in [9.17, 15) is 4.79 Å². The van der Waals surface area contributed by atoms with Crippen LogP contribution in [-0.4, -0.2) is 22.8 Å². The molecular weight excluding hydrogens is 284 g/mol. The van der Waals surface area contributed by atoms with Crippen LogP contribution in [0.2, 0.25) is 0 Å². The molecule has 0 spiro atoms. The maximum Gasteiger partial charge on any atom is 0.225 e. The summed E-state index contributed by atoms with van der Waals surface area (Å²) in [6.07, 6.45) is 6.99. The number of hydrazone groups is 1. The summed E-state index contributed by atoms with van der Waals surface area (Å²) in [4.78, 5) is 12.2. The largest absolute Gasteiger partial charge is 0.375 e. The van der Waals surface area contributed by atoms with Gasteiger partial charge in [0.15, 0.2) is 5.11 Å². The molecule has 21 heavy (non-hydrogen) atoms. The van der Waals surface area contributed by atoms with Crippen molar-refractivity contribution in [1.82, 2.24) is 10.7 Å². The molecule has 6 heteroatoms. The molecule has 0 aromatic carbocycles. The number of carbonyl (C=O) groups excluding carboxylic acids is 1. The Morgan fingerprint density at radius 2 is 1.76 bits per heavy atom. The Kier molecular flexibility index (Phi) is 4.15. The minimum absolute atomic E-state index is 0.0680. The van der Waals surface area contributed by atoms with E-state index in [1.807, 2.05) is 6.92 Å². The van der Waals surface area contributed by atoms with Crippen molar-refractivity contribution in [3.8, 4) is 0 Å². The Morgan fingerprint density at radius 1 is 1.19 bits per heavy atom. The number of thiocarbonyl (C=S) groups is 1. The molecule has 4 bridgehead atoms. The first-order valence-electron chi connectivity index (χ1n) is 7.89. The third-order valence-electron chi connectivity index (χ3n) is 5.33. The maximum atomic E-state index is 12.2. The number of nitrogens with one attached hydrogen (secondary N) is 2. The van der Waals surface area contributed by atoms with E-state index >= 15 is 0 Å². The van der Waals surface area contributed by atoms with Gasteiger partial charge in [0.25, 0.3) is 0 Å². The lowest BCUT2D eigenvalue weighted by atomic mass is 9.54. The first-order valence-corrected chi connectivity index (χ1v) is 8.30. The average Bonchev–Trinajstić information content (AvgIpc) is 2.39. The van der Waals surface area contributed by atoms with E-state index in [0.717, 1.165) is 11.8 Å². The SMILES string of the molecule is CC(CC(=O)NC1C2CC3CC(C2)CC1C3)=NNC(N)=S. The predicted octanol–water partition coefficient (Wildman–Crippen LogP) is 1.53. The van der Waals surface area contributed by atoms with E-state index in [0.29, 0.717) is 30.0 Å². The summed E-state index contributed by atoms with van der Waals surface area (Å²) in [5.41, 5.74) is 8.53. The van der Waals surface area contributed by atoms with E-state index in [2.05, 4.69) is 28.1 Å². The van der Waals surface area contributed by atoms with E-state index in [1.54, 1.807) is 0 Å². The fraction of sp³-hybridized carbons (Fsp3) is 0.800. The molecule has 0 aromatic rings. The van der Waals surface area contributed by atoms with Gasteiger partial charge in [0.1, 0.15) is 0 Å². The number of carbonyl (C=O) groups is 1. The van der Waals surface area contributed by atoms with Crippen molar-refractivity contribution >= 4 is 28.9 Å². The number of hydrogen-bond donors (Lipinski definition) is 3. The number of rotatable bonds is 4. The summed E-state index contributed by atoms with van der Waals surface area (Å²) < 4.78 is 0. The Hall–Kier alpha value is -1.17. The smallest absolute Gasteiger partial charge is 0.225 e. The van der Waals surface area contributed by atoms with Crippen molar-refractivity contribution < 1.29 is 4.79 Å². The number of amides is 1. The first kappa shape index (κ1) is 14.8. The molecular formula is C15H24N4OS. The summed E-state index contributed by atoms with van der Waals surface area (Å²) in [5.74, 6) is 3.34. The van der Waals surface area contributed by atoms with Crippen LogP contribution in [0.1, 0.15) is 45.4 Å². The molecule has 5 nitrogen and oxygen atoms in total. The molecule has 0 atom stereocenters. The Labute approximate surface area is 131 Å². The second-order valence-corrected chi connectivity index (χ2v) is 7.46. The highest BCUT2D eigenvalue weighted by atomic mass is 32.1. The van der Waals surface area contributed by atoms with Crippen molar-refractivity contribution in [3.05, 3.63) is 0 Å². The zero-order valence-electron chi connectivity index (χ0n) is 12.5. The second-order valence-electron chi connectivity index (χ2n) is 7.02. The number of nitrogens with zero attached hydrogens (tertiary/aromatic N) is 1. The van der Waals surface area contributed by atoms with E-state index < -0.39 is 0 Å². The molecule has 0 saturated heterocycles. The quantitative estimate of drug-likeness (QED) is 0.418. The molecule has 4 N–H and O–H groups in total. The lowest BCUT2D eigenvalue weighted by Crippen LogP contribution is -2.56. The first-order chi connectivity index (χ1) is 10.0. The molecule has 1 amide bonds. The fourth-order valence-corrected chi connectivity index (χ4v) is 4.87. The van der Waals surface area contributed by atoms with Crippen LogP contribution in [0.3, 0.4) is 0 Å². The van der Waals surface area contributed by atoms with Gasteiger partial charge in [-0.1, -0.05) is 0 Å². The van der Waals surface area contributed by atoms with Gasteiger partial charge in [0.05, 0.1) is 6.42 Å². The highest BCUT2D eigenvalue weighted by Gasteiger charge is 2.48. The average molecular weight is 308 g/mol. The Morgan fingerprint density at radius 3 is 2.29 bits per heavy atom. The van der Waals surface area contributed by atoms with Crippen LogP contribution in [-0.2, 0) is 4.79 Å². The van der Waals surface area contributed by atoms with Crippen LogP contribution in [0, 0.1) is 23.7 Å². The van der Waals surface area contributed by atoms with Gasteiger partial charge in [0, 0.05) is 11.8 Å². The van der Waals surface area contributed by atoms with Gasteiger partial charge in [-0.05, 0) is 74.9 Å². The zero-order valence-corrected chi connectivity index (χ0v) is 13.3. The summed E-state index contributed by atoms with van der Waals surface area (Å²) >= 11 is 4.69. The van der Waals surface area contributed by atoms with E-state index in [1.165, 1.54) is 32.1 Å². The van der Waals surface area contributed by atoms with Crippen LogP contribution in [0.5, 0.6) is 0 Å².